The van der Waals surface area contributed by atoms with E-state index in [0.717, 1.165) is 11.6 Å². The second-order valence-corrected chi connectivity index (χ2v) is 7.34. The van der Waals surface area contributed by atoms with E-state index in [2.05, 4.69) is 16.0 Å². The fourth-order valence-corrected chi connectivity index (χ4v) is 2.88. The molecule has 0 heterocycles. The summed E-state index contributed by atoms with van der Waals surface area (Å²) in [7, 11) is 0. The molecule has 2 aromatic carbocycles. The van der Waals surface area contributed by atoms with Crippen molar-refractivity contribution in [3.05, 3.63) is 59.4 Å². The van der Waals surface area contributed by atoms with Crippen molar-refractivity contribution in [1.82, 2.24) is 5.32 Å². The topological polar surface area (TPSA) is 87.3 Å². The van der Waals surface area contributed by atoms with Crippen LogP contribution in [0.25, 0.3) is 0 Å². The Morgan fingerprint density at radius 1 is 1.03 bits per heavy atom. The van der Waals surface area contributed by atoms with Crippen molar-refractivity contribution >= 4 is 29.1 Å². The smallest absolute Gasteiger partial charge is 0.252 e. The lowest BCUT2D eigenvalue weighted by Gasteiger charge is -2.21. The van der Waals surface area contributed by atoms with Gasteiger partial charge in [0.15, 0.2) is 0 Å². The van der Waals surface area contributed by atoms with Gasteiger partial charge in [0.25, 0.3) is 5.91 Å². The normalized spacial score (nSPS) is 11.7. The standard InChI is InChI=1S/C22H26FN3O3/c1-13(2)11-20(26-21(28)17-8-6-5-7-14(17)3)22(29)25-16-9-10-18(23)19(12-16)24-15(4)27/h5-10,12-13,20H,11H2,1-4H3,(H,24,27)(H,25,29)(H,26,28). The zero-order valence-electron chi connectivity index (χ0n) is 17.0. The molecule has 1 unspecified atom stereocenters. The van der Waals surface area contributed by atoms with Crippen LogP contribution in [0.15, 0.2) is 42.5 Å². The summed E-state index contributed by atoms with van der Waals surface area (Å²) in [4.78, 5) is 36.7. The number of benzene rings is 2. The Hall–Kier alpha value is -3.22. The fraction of sp³-hybridized carbons (Fsp3) is 0.318. The van der Waals surface area contributed by atoms with Crippen molar-refractivity contribution in [3.8, 4) is 0 Å². The molecule has 0 aromatic heterocycles. The monoisotopic (exact) mass is 399 g/mol. The molecule has 154 valence electrons. The van der Waals surface area contributed by atoms with E-state index in [4.69, 9.17) is 0 Å². The molecule has 0 radical (unpaired) electrons. The summed E-state index contributed by atoms with van der Waals surface area (Å²) in [5.74, 6) is -1.62. The molecule has 0 saturated heterocycles. The van der Waals surface area contributed by atoms with Gasteiger partial charge in [0.05, 0.1) is 5.69 Å². The highest BCUT2D eigenvalue weighted by Crippen LogP contribution is 2.20. The fourth-order valence-electron chi connectivity index (χ4n) is 2.88. The lowest BCUT2D eigenvalue weighted by molar-refractivity contribution is -0.118. The zero-order chi connectivity index (χ0) is 21.6. The second-order valence-electron chi connectivity index (χ2n) is 7.34. The molecule has 0 spiro atoms. The molecule has 29 heavy (non-hydrogen) atoms. The number of nitrogens with one attached hydrogen (secondary N) is 3. The van der Waals surface area contributed by atoms with E-state index >= 15 is 0 Å². The van der Waals surface area contributed by atoms with Crippen LogP contribution in [0.4, 0.5) is 15.8 Å². The van der Waals surface area contributed by atoms with E-state index in [-0.39, 0.29) is 17.5 Å². The molecule has 6 nitrogen and oxygen atoms in total. The third-order valence-electron chi connectivity index (χ3n) is 4.26. The number of carbonyl (C=O) groups is 3. The van der Waals surface area contributed by atoms with Gasteiger partial charge in [-0.05, 0) is 49.1 Å². The number of hydrogen-bond donors (Lipinski definition) is 3. The van der Waals surface area contributed by atoms with Crippen molar-refractivity contribution in [2.75, 3.05) is 10.6 Å². The van der Waals surface area contributed by atoms with Crippen LogP contribution in [0, 0.1) is 18.7 Å². The molecule has 7 heteroatoms. The van der Waals surface area contributed by atoms with Gasteiger partial charge in [-0.2, -0.15) is 0 Å². The van der Waals surface area contributed by atoms with Gasteiger partial charge in [-0.15, -0.1) is 0 Å². The first kappa shape index (κ1) is 22.1. The number of aryl methyl sites for hydroxylation is 1. The van der Waals surface area contributed by atoms with Gasteiger partial charge in [0, 0.05) is 18.2 Å². The lowest BCUT2D eigenvalue weighted by Crippen LogP contribution is -2.44. The minimum absolute atomic E-state index is 0.0281. The van der Waals surface area contributed by atoms with E-state index in [0.29, 0.717) is 17.7 Å². The molecule has 2 rings (SSSR count). The molecule has 0 aliphatic rings. The van der Waals surface area contributed by atoms with E-state index in [9.17, 15) is 18.8 Å². The number of rotatable bonds is 7. The Morgan fingerprint density at radius 2 is 1.72 bits per heavy atom. The molecular weight excluding hydrogens is 373 g/mol. The van der Waals surface area contributed by atoms with Crippen LogP contribution >= 0.6 is 0 Å². The summed E-state index contributed by atoms with van der Waals surface area (Å²) in [5, 5.41) is 7.85. The van der Waals surface area contributed by atoms with Crippen molar-refractivity contribution in [3.63, 3.8) is 0 Å². The average molecular weight is 399 g/mol. The Morgan fingerprint density at radius 3 is 2.34 bits per heavy atom. The highest BCUT2D eigenvalue weighted by molar-refractivity contribution is 6.02. The predicted octanol–water partition coefficient (Wildman–Crippen LogP) is 3.88. The molecular formula is C22H26FN3O3. The predicted molar refractivity (Wildman–Crippen MR) is 111 cm³/mol. The quantitative estimate of drug-likeness (QED) is 0.660. The van der Waals surface area contributed by atoms with E-state index in [1.165, 1.54) is 19.1 Å². The zero-order valence-corrected chi connectivity index (χ0v) is 17.0. The van der Waals surface area contributed by atoms with E-state index < -0.39 is 23.7 Å². The van der Waals surface area contributed by atoms with Gasteiger partial charge < -0.3 is 16.0 Å². The van der Waals surface area contributed by atoms with Crippen molar-refractivity contribution in [2.45, 2.75) is 40.2 Å². The largest absolute Gasteiger partial charge is 0.340 e. The third kappa shape index (κ3) is 6.41. The SMILES string of the molecule is CC(=O)Nc1cc(NC(=O)C(CC(C)C)NC(=O)c2ccccc2C)ccc1F. The van der Waals surface area contributed by atoms with Crippen molar-refractivity contribution < 1.29 is 18.8 Å². The Bertz CT molecular complexity index is 912. The number of carbonyl (C=O) groups excluding carboxylic acids is 3. The molecule has 1 atom stereocenters. The van der Waals surface area contributed by atoms with Gasteiger partial charge in [-0.1, -0.05) is 32.0 Å². The maximum absolute atomic E-state index is 13.8. The molecule has 0 saturated carbocycles. The molecule has 0 aliphatic heterocycles. The van der Waals surface area contributed by atoms with Crippen LogP contribution in [-0.4, -0.2) is 23.8 Å². The molecule has 0 aliphatic carbocycles. The Balaban J connectivity index is 2.18. The second kappa shape index (κ2) is 9.82. The van der Waals surface area contributed by atoms with Gasteiger partial charge in [0.2, 0.25) is 11.8 Å². The van der Waals surface area contributed by atoms with Crippen LogP contribution in [0.3, 0.4) is 0 Å². The highest BCUT2D eigenvalue weighted by atomic mass is 19.1. The maximum Gasteiger partial charge on any atom is 0.252 e. The maximum atomic E-state index is 13.8. The first-order chi connectivity index (χ1) is 13.7. The number of anilines is 2. The summed E-state index contributed by atoms with van der Waals surface area (Å²) in [5.41, 5.74) is 1.61. The summed E-state index contributed by atoms with van der Waals surface area (Å²) in [6.45, 7) is 7.00. The molecule has 0 fully saturated rings. The van der Waals surface area contributed by atoms with Crippen LogP contribution in [0.1, 0.15) is 43.1 Å². The van der Waals surface area contributed by atoms with Crippen molar-refractivity contribution in [2.24, 2.45) is 5.92 Å². The lowest BCUT2D eigenvalue weighted by atomic mass is 10.0. The number of hydrogen-bond acceptors (Lipinski definition) is 3. The summed E-state index contributed by atoms with van der Waals surface area (Å²) in [6.07, 6.45) is 0.434. The average Bonchev–Trinajstić information content (AvgIpc) is 2.63. The van der Waals surface area contributed by atoms with Gasteiger partial charge >= 0.3 is 0 Å². The molecule has 0 bridgehead atoms. The van der Waals surface area contributed by atoms with Crippen molar-refractivity contribution in [1.29, 1.82) is 0 Å². The Kier molecular flexibility index (Phi) is 7.47. The van der Waals surface area contributed by atoms with E-state index in [1.54, 1.807) is 12.1 Å². The van der Waals surface area contributed by atoms with Gasteiger partial charge in [0.1, 0.15) is 11.9 Å². The van der Waals surface area contributed by atoms with Crippen LogP contribution in [0.2, 0.25) is 0 Å². The minimum atomic E-state index is -0.767. The summed E-state index contributed by atoms with van der Waals surface area (Å²) >= 11 is 0. The van der Waals surface area contributed by atoms with Gasteiger partial charge in [-0.3, -0.25) is 14.4 Å². The van der Waals surface area contributed by atoms with Crippen LogP contribution in [-0.2, 0) is 9.59 Å². The molecule has 2 aromatic rings. The number of amides is 3. The first-order valence-electron chi connectivity index (χ1n) is 9.42. The Labute approximate surface area is 169 Å². The van der Waals surface area contributed by atoms with E-state index in [1.807, 2.05) is 32.9 Å². The van der Waals surface area contributed by atoms with Gasteiger partial charge in [-0.25, -0.2) is 4.39 Å². The highest BCUT2D eigenvalue weighted by Gasteiger charge is 2.23. The minimum Gasteiger partial charge on any atom is -0.340 e. The molecule has 3 amide bonds. The first-order valence-corrected chi connectivity index (χ1v) is 9.42. The van der Waals surface area contributed by atoms with Crippen LogP contribution < -0.4 is 16.0 Å². The van der Waals surface area contributed by atoms with Crippen LogP contribution in [0.5, 0.6) is 0 Å². The summed E-state index contributed by atoms with van der Waals surface area (Å²) in [6, 6.07) is 10.3. The number of halogens is 1. The third-order valence-corrected chi connectivity index (χ3v) is 4.26. The summed E-state index contributed by atoms with van der Waals surface area (Å²) < 4.78 is 13.8. The molecule has 3 N–H and O–H groups in total.